The van der Waals surface area contributed by atoms with Crippen LogP contribution in [0.3, 0.4) is 0 Å². The van der Waals surface area contributed by atoms with Gasteiger partial charge in [0.25, 0.3) is 0 Å². The molecular weight excluding hydrogens is 462 g/mol. The van der Waals surface area contributed by atoms with Gasteiger partial charge in [-0.25, -0.2) is 0 Å². The molecule has 0 amide bonds. The van der Waals surface area contributed by atoms with Gasteiger partial charge in [-0.2, -0.15) is 0 Å². The number of nitrogens with two attached hydrogens (primary N) is 1. The molecule has 10 N–H and O–H groups in total. The van der Waals surface area contributed by atoms with Gasteiger partial charge in [0, 0.05) is 20.1 Å². The van der Waals surface area contributed by atoms with Gasteiger partial charge in [-0.1, -0.05) is 0 Å². The monoisotopic (exact) mass is 503 g/mol. The molecule has 0 bridgehead atoms. The van der Waals surface area contributed by atoms with E-state index in [-0.39, 0.29) is 6.61 Å². The lowest BCUT2D eigenvalue weighted by Gasteiger charge is -2.45. The predicted octanol–water partition coefficient (Wildman–Crippen LogP) is -4.27. The summed E-state index contributed by atoms with van der Waals surface area (Å²) in [6, 6.07) is 0. The highest BCUT2D eigenvalue weighted by molar-refractivity contribution is 4.93. The summed E-state index contributed by atoms with van der Waals surface area (Å²) < 4.78 is 27.2. The third kappa shape index (κ3) is 9.83. The fraction of sp³-hybridized carbons (Fsp3) is 1.00. The molecule has 1 rings (SSSR count). The molecule has 7 unspecified atom stereocenters. The van der Waals surface area contributed by atoms with Crippen molar-refractivity contribution >= 4 is 0 Å². The first-order valence-corrected chi connectivity index (χ1v) is 11.3. The molecule has 1 heterocycles. The lowest BCUT2D eigenvalue weighted by molar-refractivity contribution is -0.354. The Kier molecular flexibility index (Phi) is 15.7. The van der Waals surface area contributed by atoms with E-state index in [2.05, 4.69) is 0 Å². The van der Waals surface area contributed by atoms with Crippen LogP contribution in [0.2, 0.25) is 0 Å². The Labute approximate surface area is 198 Å². The van der Waals surface area contributed by atoms with Crippen LogP contribution < -0.4 is 5.73 Å². The van der Waals surface area contributed by atoms with E-state index in [0.717, 1.165) is 20.0 Å². The van der Waals surface area contributed by atoms with Crippen molar-refractivity contribution in [3.05, 3.63) is 0 Å². The van der Waals surface area contributed by atoms with Crippen LogP contribution in [0.4, 0.5) is 0 Å². The van der Waals surface area contributed by atoms with Crippen molar-refractivity contribution in [2.45, 2.75) is 87.3 Å². The molecule has 0 aromatic rings. The van der Waals surface area contributed by atoms with Gasteiger partial charge in [0.15, 0.2) is 18.9 Å². The summed E-state index contributed by atoms with van der Waals surface area (Å²) in [6.07, 6.45) is -12.8. The van der Waals surface area contributed by atoms with Crippen molar-refractivity contribution in [1.29, 1.82) is 0 Å². The maximum atomic E-state index is 10.9. The summed E-state index contributed by atoms with van der Waals surface area (Å²) in [5.41, 5.74) is 5.46. The average Bonchev–Trinajstić information content (AvgIpc) is 2.84. The van der Waals surface area contributed by atoms with E-state index in [1.165, 1.54) is 0 Å². The maximum Gasteiger partial charge on any atom is 0.186 e. The van der Waals surface area contributed by atoms with Crippen molar-refractivity contribution < 1.29 is 64.5 Å². The van der Waals surface area contributed by atoms with Gasteiger partial charge in [0.05, 0.1) is 32.0 Å². The molecule has 0 radical (unpaired) electrons. The van der Waals surface area contributed by atoms with Crippen LogP contribution in [0.15, 0.2) is 0 Å². The van der Waals surface area contributed by atoms with E-state index >= 15 is 0 Å². The van der Waals surface area contributed by atoms with Crippen molar-refractivity contribution in [2.75, 3.05) is 40.1 Å². The average molecular weight is 504 g/mol. The van der Waals surface area contributed by atoms with Gasteiger partial charge in [-0.05, 0) is 25.8 Å². The predicted molar refractivity (Wildman–Crippen MR) is 114 cm³/mol. The summed E-state index contributed by atoms with van der Waals surface area (Å²) in [5, 5.41) is 78.7. The van der Waals surface area contributed by atoms with Crippen LogP contribution >= 0.6 is 0 Å². The fourth-order valence-electron chi connectivity index (χ4n) is 3.45. The zero-order valence-electron chi connectivity index (χ0n) is 19.3. The molecule has 10 atom stereocenters. The minimum absolute atomic E-state index is 0.200. The molecule has 0 spiro atoms. The molecule has 1 aliphatic heterocycles. The Morgan fingerprint density at radius 2 is 1.65 bits per heavy atom. The Hall–Kier alpha value is -0.560. The number of ether oxygens (including phenoxy) is 5. The molecule has 0 aromatic carbocycles. The number of rotatable bonds is 18. The first-order chi connectivity index (χ1) is 16.2. The molecule has 14 heteroatoms. The molecule has 0 saturated carbocycles. The second-order valence-corrected chi connectivity index (χ2v) is 8.01. The van der Waals surface area contributed by atoms with Crippen molar-refractivity contribution in [3.63, 3.8) is 0 Å². The summed E-state index contributed by atoms with van der Waals surface area (Å²) in [5.74, 6) is 0. The Balaban J connectivity index is 3.02. The standard InChI is InChI=1S/C20H41NO13/c1-30-19(15(28)12(26)7-11(25)8-22)34-18-16(29)20(31-6-4-2-3-5-21)32-13(9-23)17(18)33-14(27)10-24/h11-20,22-29H,2-10,21H2,1H3/t11-,12+,13?,14+,15?,16?,17?,18?,19?,20?/m0/s1. The molecule has 1 fully saturated rings. The van der Waals surface area contributed by atoms with Gasteiger partial charge in [-0.15, -0.1) is 0 Å². The minimum atomic E-state index is -1.73. The third-order valence-electron chi connectivity index (χ3n) is 5.32. The molecule has 1 saturated heterocycles. The van der Waals surface area contributed by atoms with E-state index < -0.39 is 87.8 Å². The highest BCUT2D eigenvalue weighted by Gasteiger charge is 2.49. The van der Waals surface area contributed by atoms with E-state index in [1.54, 1.807) is 0 Å². The van der Waals surface area contributed by atoms with Crippen LogP contribution in [0, 0.1) is 0 Å². The third-order valence-corrected chi connectivity index (χ3v) is 5.32. The normalized spacial score (nSPS) is 30.0. The highest BCUT2D eigenvalue weighted by atomic mass is 16.7. The fourth-order valence-corrected chi connectivity index (χ4v) is 3.45. The van der Waals surface area contributed by atoms with Crippen molar-refractivity contribution in [1.82, 2.24) is 0 Å². The van der Waals surface area contributed by atoms with E-state index in [0.29, 0.717) is 13.0 Å². The number of unbranched alkanes of at least 4 members (excludes halogenated alkanes) is 2. The Morgan fingerprint density at radius 3 is 2.21 bits per heavy atom. The molecule has 0 aliphatic carbocycles. The second-order valence-electron chi connectivity index (χ2n) is 8.01. The number of aliphatic hydroxyl groups excluding tert-OH is 8. The first-order valence-electron chi connectivity index (χ1n) is 11.3. The molecular formula is C20H41NO13. The molecule has 34 heavy (non-hydrogen) atoms. The quantitative estimate of drug-likeness (QED) is 0.0636. The maximum absolute atomic E-state index is 10.9. The lowest BCUT2D eigenvalue weighted by atomic mass is 9.98. The van der Waals surface area contributed by atoms with E-state index in [4.69, 9.17) is 39.6 Å². The van der Waals surface area contributed by atoms with Crippen LogP contribution in [-0.2, 0) is 23.7 Å². The van der Waals surface area contributed by atoms with Crippen LogP contribution in [-0.4, -0.2) is 143 Å². The number of methoxy groups -OCH3 is 1. The van der Waals surface area contributed by atoms with Gasteiger partial charge >= 0.3 is 0 Å². The minimum Gasteiger partial charge on any atom is -0.394 e. The number of aliphatic hydroxyl groups is 8. The summed E-state index contributed by atoms with van der Waals surface area (Å²) in [6.45, 7) is -1.34. The van der Waals surface area contributed by atoms with Gasteiger partial charge < -0.3 is 70.3 Å². The topological polar surface area (TPSA) is 234 Å². The summed E-state index contributed by atoms with van der Waals surface area (Å²) >= 11 is 0. The Morgan fingerprint density at radius 1 is 0.941 bits per heavy atom. The molecule has 14 nitrogen and oxygen atoms in total. The molecule has 0 aromatic heterocycles. The first kappa shape index (κ1) is 31.5. The lowest BCUT2D eigenvalue weighted by Crippen LogP contribution is -2.63. The van der Waals surface area contributed by atoms with Crippen molar-refractivity contribution in [3.8, 4) is 0 Å². The van der Waals surface area contributed by atoms with Gasteiger partial charge in [0.2, 0.25) is 0 Å². The SMILES string of the molecule is COC(OC1C(O)C(OCCCCCN)OC(CO)C1O[C@@H](O)CO)C(O)[C@H](O)C[C@H](O)CO. The van der Waals surface area contributed by atoms with E-state index in [9.17, 15) is 30.6 Å². The van der Waals surface area contributed by atoms with Crippen LogP contribution in [0.5, 0.6) is 0 Å². The zero-order valence-corrected chi connectivity index (χ0v) is 19.3. The highest BCUT2D eigenvalue weighted by Crippen LogP contribution is 2.29. The van der Waals surface area contributed by atoms with Gasteiger partial charge in [-0.3, -0.25) is 0 Å². The largest absolute Gasteiger partial charge is 0.394 e. The van der Waals surface area contributed by atoms with Crippen LogP contribution in [0.25, 0.3) is 0 Å². The molecule has 1 aliphatic rings. The number of hydrogen-bond acceptors (Lipinski definition) is 14. The Bertz CT molecular complexity index is 519. The molecule has 204 valence electrons. The number of hydrogen-bond donors (Lipinski definition) is 9. The zero-order chi connectivity index (χ0) is 25.7. The van der Waals surface area contributed by atoms with Crippen LogP contribution in [0.1, 0.15) is 25.7 Å². The second kappa shape index (κ2) is 17.0. The smallest absolute Gasteiger partial charge is 0.186 e. The van der Waals surface area contributed by atoms with Gasteiger partial charge in [0.1, 0.15) is 30.5 Å². The van der Waals surface area contributed by atoms with Crippen molar-refractivity contribution in [2.24, 2.45) is 5.73 Å². The summed E-state index contributed by atoms with van der Waals surface area (Å²) in [4.78, 5) is 0. The summed E-state index contributed by atoms with van der Waals surface area (Å²) in [7, 11) is 1.15. The van der Waals surface area contributed by atoms with E-state index in [1.807, 2.05) is 0 Å².